The summed E-state index contributed by atoms with van der Waals surface area (Å²) in [6.07, 6.45) is 1.70. The van der Waals surface area contributed by atoms with E-state index in [4.69, 9.17) is 18.6 Å². The fourth-order valence-corrected chi connectivity index (χ4v) is 4.96. The van der Waals surface area contributed by atoms with Gasteiger partial charge in [0.25, 0.3) is 0 Å². The van der Waals surface area contributed by atoms with Crippen molar-refractivity contribution in [3.8, 4) is 11.5 Å². The first-order valence-electron chi connectivity index (χ1n) is 13.3. The second-order valence-electron chi connectivity index (χ2n) is 10.2. The van der Waals surface area contributed by atoms with Crippen molar-refractivity contribution in [3.63, 3.8) is 0 Å². The molecule has 1 unspecified atom stereocenters. The Labute approximate surface area is 228 Å². The number of nitrogens with one attached hydrogen (secondary N) is 1. The molecule has 0 saturated carbocycles. The number of anilines is 1. The van der Waals surface area contributed by atoms with E-state index >= 15 is 0 Å². The molecule has 3 aromatic rings. The summed E-state index contributed by atoms with van der Waals surface area (Å²) in [5.41, 5.74) is 3.57. The number of rotatable bonds is 9. The zero-order valence-electron chi connectivity index (χ0n) is 22.7. The number of carbonyl (C=O) groups is 2. The van der Waals surface area contributed by atoms with Crippen LogP contribution in [0.4, 0.5) is 10.5 Å². The Bertz CT molecular complexity index is 1310. The van der Waals surface area contributed by atoms with E-state index in [-0.39, 0.29) is 37.9 Å². The molecule has 0 bridgehead atoms. The topological polar surface area (TPSA) is 93.5 Å². The van der Waals surface area contributed by atoms with Crippen LogP contribution in [0.15, 0.2) is 52.9 Å². The normalized spacial score (nSPS) is 15.8. The summed E-state index contributed by atoms with van der Waals surface area (Å²) in [5, 5.41) is 3.04. The predicted octanol–water partition coefficient (Wildman–Crippen LogP) is 5.18. The van der Waals surface area contributed by atoms with E-state index in [2.05, 4.69) is 5.32 Å². The van der Waals surface area contributed by atoms with Gasteiger partial charge >= 0.3 is 6.03 Å². The van der Waals surface area contributed by atoms with Crippen molar-refractivity contribution >= 4 is 17.6 Å². The lowest BCUT2D eigenvalue weighted by Gasteiger charge is -2.29. The fraction of sp³-hybridized carbons (Fsp3) is 0.400. The number of aryl methyl sites for hydroxylation is 3. The number of carbonyl (C=O) groups excluding carboxylic acids is 2. The Morgan fingerprint density at radius 1 is 0.949 bits per heavy atom. The van der Waals surface area contributed by atoms with E-state index in [1.54, 1.807) is 9.80 Å². The molecule has 1 atom stereocenters. The molecule has 9 heteroatoms. The second kappa shape index (κ2) is 11.8. The van der Waals surface area contributed by atoms with E-state index in [1.807, 2.05) is 69.3 Å². The number of para-hydroxylation sites is 1. The van der Waals surface area contributed by atoms with Crippen molar-refractivity contribution in [2.45, 2.75) is 52.8 Å². The molecule has 2 aliphatic heterocycles. The van der Waals surface area contributed by atoms with Gasteiger partial charge in [-0.15, -0.1) is 0 Å². The third-order valence-electron chi connectivity index (χ3n) is 7.08. The van der Waals surface area contributed by atoms with Crippen LogP contribution in [0.3, 0.4) is 0 Å². The average molecular weight is 534 g/mol. The highest BCUT2D eigenvalue weighted by atomic mass is 16.7. The molecule has 0 aliphatic carbocycles. The van der Waals surface area contributed by atoms with Gasteiger partial charge in [-0.3, -0.25) is 4.79 Å². The summed E-state index contributed by atoms with van der Waals surface area (Å²) < 4.78 is 22.6. The quantitative estimate of drug-likeness (QED) is 0.408. The van der Waals surface area contributed by atoms with Crippen molar-refractivity contribution in [1.82, 2.24) is 9.80 Å². The van der Waals surface area contributed by atoms with Gasteiger partial charge in [-0.2, -0.15) is 0 Å². The molecular weight excluding hydrogens is 498 g/mol. The average Bonchev–Trinajstić information content (AvgIpc) is 3.68. The van der Waals surface area contributed by atoms with E-state index in [0.717, 1.165) is 41.0 Å². The molecule has 39 heavy (non-hydrogen) atoms. The van der Waals surface area contributed by atoms with Gasteiger partial charge in [0.15, 0.2) is 11.5 Å². The van der Waals surface area contributed by atoms with Gasteiger partial charge in [0.05, 0.1) is 12.6 Å². The lowest BCUT2D eigenvalue weighted by molar-refractivity contribution is -0.133. The largest absolute Gasteiger partial charge is 0.464 e. The van der Waals surface area contributed by atoms with Crippen molar-refractivity contribution in [2.24, 2.45) is 0 Å². The minimum atomic E-state index is -0.326. The molecular formula is C30H35N3O6. The Hall–Kier alpha value is -3.98. The summed E-state index contributed by atoms with van der Waals surface area (Å²) in [5.74, 6) is 2.59. The molecule has 2 aliphatic rings. The molecule has 2 aromatic carbocycles. The van der Waals surface area contributed by atoms with Crippen LogP contribution in [-0.4, -0.2) is 54.3 Å². The number of hydrogen-bond acceptors (Lipinski definition) is 6. The molecule has 1 aromatic heterocycles. The molecule has 0 radical (unpaired) electrons. The van der Waals surface area contributed by atoms with Gasteiger partial charge in [0.1, 0.15) is 18.1 Å². The first kappa shape index (κ1) is 26.6. The number of furan rings is 1. The zero-order valence-corrected chi connectivity index (χ0v) is 22.7. The van der Waals surface area contributed by atoms with Gasteiger partial charge in [-0.05, 0) is 74.6 Å². The lowest BCUT2D eigenvalue weighted by Crippen LogP contribution is -2.47. The molecule has 0 spiro atoms. The van der Waals surface area contributed by atoms with Crippen molar-refractivity contribution < 1.29 is 28.2 Å². The highest BCUT2D eigenvalue weighted by Gasteiger charge is 2.28. The summed E-state index contributed by atoms with van der Waals surface area (Å²) in [6, 6.07) is 14.9. The lowest BCUT2D eigenvalue weighted by atomic mass is 10.1. The Morgan fingerprint density at radius 3 is 2.46 bits per heavy atom. The standard InChI is InChI=1S/C30H35N3O6/c1-20-6-4-7-21(2)29(20)31-30(35)33(16-24-8-5-13-36-24)18-28(34)32(17-25-11-9-22(3)39-25)15-23-10-12-26-27(14-23)38-19-37-26/h4,6-7,9-12,14,24H,5,8,13,15-19H2,1-3H3,(H,31,35). The van der Waals surface area contributed by atoms with Crippen LogP contribution in [0.2, 0.25) is 0 Å². The molecule has 3 amide bonds. The first-order chi connectivity index (χ1) is 18.9. The molecule has 1 fully saturated rings. The zero-order chi connectivity index (χ0) is 27.4. The maximum Gasteiger partial charge on any atom is 0.322 e. The van der Waals surface area contributed by atoms with Gasteiger partial charge in [-0.25, -0.2) is 4.79 Å². The van der Waals surface area contributed by atoms with E-state index in [9.17, 15) is 9.59 Å². The monoisotopic (exact) mass is 533 g/mol. The maximum atomic E-state index is 13.8. The minimum absolute atomic E-state index is 0.0964. The Balaban J connectivity index is 1.36. The summed E-state index contributed by atoms with van der Waals surface area (Å²) >= 11 is 0. The summed E-state index contributed by atoms with van der Waals surface area (Å²) in [4.78, 5) is 30.6. The Morgan fingerprint density at radius 2 is 1.74 bits per heavy atom. The third kappa shape index (κ3) is 6.54. The van der Waals surface area contributed by atoms with Crippen molar-refractivity contribution in [3.05, 3.63) is 76.7 Å². The number of amides is 3. The Kier molecular flexibility index (Phi) is 8.07. The number of nitrogens with zero attached hydrogens (tertiary/aromatic N) is 2. The predicted molar refractivity (Wildman–Crippen MR) is 146 cm³/mol. The summed E-state index contributed by atoms with van der Waals surface area (Å²) in [6.45, 7) is 7.46. The first-order valence-corrected chi connectivity index (χ1v) is 13.3. The molecule has 206 valence electrons. The number of fused-ring (bicyclic) bond motifs is 1. The van der Waals surface area contributed by atoms with Gasteiger partial charge in [0.2, 0.25) is 12.7 Å². The number of hydrogen-bond donors (Lipinski definition) is 1. The van der Waals surface area contributed by atoms with Gasteiger partial charge < -0.3 is 33.7 Å². The molecule has 9 nitrogen and oxygen atoms in total. The molecule has 3 heterocycles. The van der Waals surface area contributed by atoms with Gasteiger partial charge in [-0.1, -0.05) is 24.3 Å². The van der Waals surface area contributed by atoms with Crippen LogP contribution in [0.1, 0.15) is 41.1 Å². The van der Waals surface area contributed by atoms with Crippen LogP contribution in [-0.2, 0) is 22.6 Å². The number of benzene rings is 2. The minimum Gasteiger partial charge on any atom is -0.464 e. The number of ether oxygens (including phenoxy) is 3. The van der Waals surface area contributed by atoms with Crippen molar-refractivity contribution in [2.75, 3.05) is 31.8 Å². The highest BCUT2D eigenvalue weighted by Crippen LogP contribution is 2.33. The van der Waals surface area contributed by atoms with E-state index in [1.165, 1.54) is 0 Å². The molecule has 1 saturated heterocycles. The third-order valence-corrected chi connectivity index (χ3v) is 7.08. The van der Waals surface area contributed by atoms with Crippen LogP contribution < -0.4 is 14.8 Å². The fourth-order valence-electron chi connectivity index (χ4n) is 4.96. The molecule has 1 N–H and O–H groups in total. The smallest absolute Gasteiger partial charge is 0.322 e. The molecule has 5 rings (SSSR count). The van der Waals surface area contributed by atoms with Crippen LogP contribution in [0, 0.1) is 20.8 Å². The van der Waals surface area contributed by atoms with Crippen molar-refractivity contribution in [1.29, 1.82) is 0 Å². The number of urea groups is 1. The highest BCUT2D eigenvalue weighted by molar-refractivity contribution is 5.93. The van der Waals surface area contributed by atoms with E-state index < -0.39 is 0 Å². The van der Waals surface area contributed by atoms with E-state index in [0.29, 0.717) is 37.0 Å². The van der Waals surface area contributed by atoms with Crippen LogP contribution in [0.5, 0.6) is 11.5 Å². The van der Waals surface area contributed by atoms with Gasteiger partial charge in [0, 0.05) is 25.4 Å². The van der Waals surface area contributed by atoms with Crippen LogP contribution >= 0.6 is 0 Å². The SMILES string of the molecule is Cc1ccc(CN(Cc2ccc3c(c2)OCO3)C(=O)CN(CC2CCCO2)C(=O)Nc2c(C)cccc2C)o1. The van der Waals surface area contributed by atoms with Crippen LogP contribution in [0.25, 0.3) is 0 Å². The second-order valence-corrected chi connectivity index (χ2v) is 10.2. The maximum absolute atomic E-state index is 13.8. The summed E-state index contributed by atoms with van der Waals surface area (Å²) in [7, 11) is 0.